The van der Waals surface area contributed by atoms with Crippen molar-refractivity contribution in [1.29, 1.82) is 0 Å². The van der Waals surface area contributed by atoms with Gasteiger partial charge in [0.05, 0.1) is 31.4 Å². The van der Waals surface area contributed by atoms with E-state index in [0.717, 1.165) is 5.75 Å². The number of carbonyl (C=O) groups excluding carboxylic acids is 1. The third-order valence-corrected chi connectivity index (χ3v) is 3.55. The van der Waals surface area contributed by atoms with Crippen molar-refractivity contribution in [2.24, 2.45) is 0 Å². The molecule has 0 atom stereocenters. The Morgan fingerprint density at radius 2 is 2.33 bits per heavy atom. The molecule has 0 radical (unpaired) electrons. The highest BCUT2D eigenvalue weighted by Gasteiger charge is 2.12. The van der Waals surface area contributed by atoms with Crippen LogP contribution in [0.1, 0.15) is 6.42 Å². The molecule has 21 heavy (non-hydrogen) atoms. The van der Waals surface area contributed by atoms with Gasteiger partial charge in [0.25, 0.3) is 0 Å². The van der Waals surface area contributed by atoms with Gasteiger partial charge in [0.2, 0.25) is 5.91 Å². The summed E-state index contributed by atoms with van der Waals surface area (Å²) in [4.78, 5) is 15.8. The molecule has 2 heterocycles. The number of carbonyl (C=O) groups is 1. The van der Waals surface area contributed by atoms with Gasteiger partial charge in [-0.15, -0.1) is 5.10 Å². The lowest BCUT2D eigenvalue weighted by atomic mass is 10.4. The number of halogens is 1. The van der Waals surface area contributed by atoms with Crippen LogP contribution in [0.3, 0.4) is 0 Å². The fourth-order valence-electron chi connectivity index (χ4n) is 1.60. The van der Waals surface area contributed by atoms with Crippen LogP contribution in [0.2, 0.25) is 5.02 Å². The van der Waals surface area contributed by atoms with Gasteiger partial charge in [-0.3, -0.25) is 9.78 Å². The average Bonchev–Trinajstić information content (AvgIpc) is 2.86. The van der Waals surface area contributed by atoms with Gasteiger partial charge in [-0.1, -0.05) is 11.6 Å². The minimum absolute atomic E-state index is 0.111. The predicted octanol–water partition coefficient (Wildman–Crippen LogP) is 2.62. The summed E-state index contributed by atoms with van der Waals surface area (Å²) in [7, 11) is 1.56. The second-order valence-corrected chi connectivity index (χ2v) is 5.54. The molecular formula is C13H15ClN4O2S. The number of methoxy groups -OCH3 is 1. The van der Waals surface area contributed by atoms with Crippen molar-refractivity contribution in [2.45, 2.75) is 6.42 Å². The summed E-state index contributed by atoms with van der Waals surface area (Å²) in [6.07, 6.45) is 7.21. The van der Waals surface area contributed by atoms with Crippen LogP contribution >= 0.6 is 23.4 Å². The molecule has 2 aromatic heterocycles. The highest BCUT2D eigenvalue weighted by atomic mass is 35.5. The zero-order chi connectivity index (χ0) is 15.2. The van der Waals surface area contributed by atoms with Gasteiger partial charge in [-0.05, 0) is 6.26 Å². The molecule has 1 N–H and O–H groups in total. The summed E-state index contributed by atoms with van der Waals surface area (Å²) >= 11 is 7.70. The SMILES string of the molecule is COc1cncc(-n2cc(Cl)c(NC(=O)CCSC)n2)c1. The molecule has 2 aromatic rings. The van der Waals surface area contributed by atoms with Crippen LogP contribution in [0.5, 0.6) is 5.75 Å². The topological polar surface area (TPSA) is 69.0 Å². The Hall–Kier alpha value is -1.73. The van der Waals surface area contributed by atoms with Crippen LogP contribution in [0, 0.1) is 0 Å². The highest BCUT2D eigenvalue weighted by Crippen LogP contribution is 2.23. The molecule has 0 fully saturated rings. The molecule has 0 bridgehead atoms. The summed E-state index contributed by atoms with van der Waals surface area (Å²) in [5.41, 5.74) is 0.695. The van der Waals surface area contributed by atoms with Crippen LogP contribution in [-0.4, -0.2) is 39.8 Å². The second kappa shape index (κ2) is 7.33. The number of nitrogens with one attached hydrogen (secondary N) is 1. The van der Waals surface area contributed by atoms with Gasteiger partial charge in [-0.2, -0.15) is 11.8 Å². The van der Waals surface area contributed by atoms with E-state index in [1.165, 1.54) is 0 Å². The summed E-state index contributed by atoms with van der Waals surface area (Å²) < 4.78 is 6.66. The first-order valence-corrected chi connectivity index (χ1v) is 7.94. The lowest BCUT2D eigenvalue weighted by molar-refractivity contribution is -0.115. The molecule has 2 rings (SSSR count). The van der Waals surface area contributed by atoms with E-state index in [9.17, 15) is 4.79 Å². The predicted molar refractivity (Wildman–Crippen MR) is 84.5 cm³/mol. The van der Waals surface area contributed by atoms with Gasteiger partial charge >= 0.3 is 0 Å². The molecule has 0 aliphatic carbocycles. The number of anilines is 1. The number of pyridine rings is 1. The Labute approximate surface area is 131 Å². The number of rotatable bonds is 6. The first-order valence-electron chi connectivity index (χ1n) is 6.17. The van der Waals surface area contributed by atoms with Crippen molar-refractivity contribution in [3.05, 3.63) is 29.7 Å². The Bertz CT molecular complexity index is 632. The normalized spacial score (nSPS) is 10.4. The van der Waals surface area contributed by atoms with Gasteiger partial charge in [0.15, 0.2) is 5.82 Å². The Morgan fingerprint density at radius 1 is 1.52 bits per heavy atom. The zero-order valence-electron chi connectivity index (χ0n) is 11.7. The lowest BCUT2D eigenvalue weighted by Crippen LogP contribution is -2.13. The van der Waals surface area contributed by atoms with Crippen molar-refractivity contribution in [3.8, 4) is 11.4 Å². The summed E-state index contributed by atoms with van der Waals surface area (Å²) in [6, 6.07) is 1.77. The largest absolute Gasteiger partial charge is 0.495 e. The Balaban J connectivity index is 2.16. The summed E-state index contributed by atoms with van der Waals surface area (Å²) in [5, 5.41) is 7.32. The summed E-state index contributed by atoms with van der Waals surface area (Å²) in [5.74, 6) is 1.60. The molecule has 0 aliphatic heterocycles. The molecule has 6 nitrogen and oxygen atoms in total. The number of amides is 1. The molecule has 112 valence electrons. The molecule has 0 aliphatic rings. The number of thioether (sulfide) groups is 1. The van der Waals surface area contributed by atoms with Gasteiger partial charge in [-0.25, -0.2) is 4.68 Å². The highest BCUT2D eigenvalue weighted by molar-refractivity contribution is 7.98. The van der Waals surface area contributed by atoms with E-state index in [4.69, 9.17) is 16.3 Å². The van der Waals surface area contributed by atoms with Gasteiger partial charge in [0, 0.05) is 18.2 Å². The average molecular weight is 327 g/mol. The molecular weight excluding hydrogens is 312 g/mol. The standard InChI is InChI=1S/C13H15ClN4O2S/c1-20-10-5-9(6-15-7-10)18-8-11(14)13(17-18)16-12(19)3-4-21-2/h5-8H,3-4H2,1-2H3,(H,16,17,19). The smallest absolute Gasteiger partial charge is 0.226 e. The van der Waals surface area contributed by atoms with Crippen LogP contribution < -0.4 is 10.1 Å². The van der Waals surface area contributed by atoms with E-state index in [-0.39, 0.29) is 5.91 Å². The molecule has 0 spiro atoms. The fraction of sp³-hybridized carbons (Fsp3) is 0.308. The second-order valence-electron chi connectivity index (χ2n) is 4.14. The zero-order valence-corrected chi connectivity index (χ0v) is 13.2. The number of hydrogen-bond acceptors (Lipinski definition) is 5. The van der Waals surface area contributed by atoms with E-state index >= 15 is 0 Å². The maximum atomic E-state index is 11.7. The van der Waals surface area contributed by atoms with Crippen molar-refractivity contribution >= 4 is 35.1 Å². The molecule has 0 unspecified atom stereocenters. The van der Waals surface area contributed by atoms with Crippen LogP contribution in [0.25, 0.3) is 5.69 Å². The maximum Gasteiger partial charge on any atom is 0.226 e. The summed E-state index contributed by atoms with van der Waals surface area (Å²) in [6.45, 7) is 0. The van der Waals surface area contributed by atoms with E-state index in [2.05, 4.69) is 15.4 Å². The van der Waals surface area contributed by atoms with Crippen molar-refractivity contribution in [2.75, 3.05) is 24.4 Å². The lowest BCUT2D eigenvalue weighted by Gasteiger charge is -2.03. The van der Waals surface area contributed by atoms with E-state index < -0.39 is 0 Å². The van der Waals surface area contributed by atoms with Crippen LogP contribution in [-0.2, 0) is 4.79 Å². The fourth-order valence-corrected chi connectivity index (χ4v) is 2.17. The van der Waals surface area contributed by atoms with E-state index in [0.29, 0.717) is 28.7 Å². The number of nitrogens with zero attached hydrogens (tertiary/aromatic N) is 3. The monoisotopic (exact) mass is 326 g/mol. The minimum atomic E-state index is -0.111. The number of hydrogen-bond donors (Lipinski definition) is 1. The van der Waals surface area contributed by atoms with Crippen molar-refractivity contribution < 1.29 is 9.53 Å². The quantitative estimate of drug-likeness (QED) is 0.883. The Kier molecular flexibility index (Phi) is 5.46. The van der Waals surface area contributed by atoms with E-state index in [1.54, 1.807) is 48.2 Å². The molecule has 0 saturated heterocycles. The first kappa shape index (κ1) is 15.7. The molecule has 0 aromatic carbocycles. The third-order valence-electron chi connectivity index (χ3n) is 2.66. The van der Waals surface area contributed by atoms with Crippen LogP contribution in [0.15, 0.2) is 24.7 Å². The van der Waals surface area contributed by atoms with Crippen molar-refractivity contribution in [3.63, 3.8) is 0 Å². The first-order chi connectivity index (χ1) is 10.1. The number of ether oxygens (including phenoxy) is 1. The maximum absolute atomic E-state index is 11.7. The Morgan fingerprint density at radius 3 is 3.05 bits per heavy atom. The van der Waals surface area contributed by atoms with Gasteiger partial charge < -0.3 is 10.1 Å². The van der Waals surface area contributed by atoms with E-state index in [1.807, 2.05) is 6.26 Å². The molecule has 8 heteroatoms. The molecule has 0 saturated carbocycles. The number of aromatic nitrogens is 3. The van der Waals surface area contributed by atoms with Crippen molar-refractivity contribution in [1.82, 2.24) is 14.8 Å². The minimum Gasteiger partial charge on any atom is -0.495 e. The third kappa shape index (κ3) is 4.12. The van der Waals surface area contributed by atoms with Gasteiger partial charge in [0.1, 0.15) is 10.8 Å². The van der Waals surface area contributed by atoms with Crippen LogP contribution in [0.4, 0.5) is 5.82 Å². The molecule has 1 amide bonds.